The molecule has 1 amide bonds. The molecule has 134 valence electrons. The number of benzene rings is 2. The van der Waals surface area contributed by atoms with Gasteiger partial charge in [-0.2, -0.15) is 0 Å². The molecule has 2 rings (SSSR count). The van der Waals surface area contributed by atoms with Crippen LogP contribution in [0.25, 0.3) is 0 Å². The van der Waals surface area contributed by atoms with Crippen molar-refractivity contribution in [1.29, 1.82) is 0 Å². The molecule has 0 saturated carbocycles. The lowest BCUT2D eigenvalue weighted by Gasteiger charge is -2.22. The zero-order valence-corrected chi connectivity index (χ0v) is 15.3. The highest BCUT2D eigenvalue weighted by atomic mass is 35.5. The topological polar surface area (TPSA) is 98.1 Å². The number of amides is 1. The van der Waals surface area contributed by atoms with Gasteiger partial charge in [-0.1, -0.05) is 47.5 Å². The van der Waals surface area contributed by atoms with Gasteiger partial charge in [0.15, 0.2) is 0 Å². The van der Waals surface area contributed by atoms with Gasteiger partial charge in [0.2, 0.25) is 0 Å². The summed E-state index contributed by atoms with van der Waals surface area (Å²) in [5.74, 6) is -0.654. The molecule has 0 heterocycles. The zero-order valence-electron chi connectivity index (χ0n) is 12.9. The summed E-state index contributed by atoms with van der Waals surface area (Å²) in [5, 5.41) is 10.8. The Morgan fingerprint density at radius 1 is 1.08 bits per heavy atom. The van der Waals surface area contributed by atoms with E-state index in [9.17, 15) is 24.4 Å². The Labute approximate surface area is 154 Å². The number of hydrogen-bond donors (Lipinski definition) is 3. The highest BCUT2D eigenvalue weighted by molar-refractivity contribution is 7.52. The van der Waals surface area contributed by atoms with Crippen LogP contribution in [0.1, 0.15) is 28.0 Å². The third-order valence-corrected chi connectivity index (χ3v) is 5.71. The molecule has 3 N–H and O–H groups in total. The maximum Gasteiger partial charge on any atom is 0.333 e. The molecule has 1 atom stereocenters. The van der Waals surface area contributed by atoms with E-state index in [0.29, 0.717) is 5.06 Å². The summed E-state index contributed by atoms with van der Waals surface area (Å²) in [4.78, 5) is 31.3. The zero-order chi connectivity index (χ0) is 18.6. The van der Waals surface area contributed by atoms with Crippen molar-refractivity contribution in [3.05, 3.63) is 69.7 Å². The smallest absolute Gasteiger partial charge is 0.324 e. The minimum atomic E-state index is -4.54. The Hall–Kier alpha value is -1.40. The molecule has 0 saturated heterocycles. The first-order chi connectivity index (χ1) is 11.7. The lowest BCUT2D eigenvalue weighted by Crippen LogP contribution is -2.29. The Morgan fingerprint density at radius 3 is 2.28 bits per heavy atom. The lowest BCUT2D eigenvalue weighted by molar-refractivity contribution is -0.0589. The quantitative estimate of drug-likeness (QED) is 0.382. The average molecular weight is 404 g/mol. The van der Waals surface area contributed by atoms with Crippen LogP contribution < -0.4 is 0 Å². The molecule has 2 aromatic carbocycles. The van der Waals surface area contributed by atoms with E-state index >= 15 is 0 Å². The van der Waals surface area contributed by atoms with Gasteiger partial charge in [0, 0.05) is 12.1 Å². The van der Waals surface area contributed by atoms with Crippen LogP contribution in [0, 0.1) is 0 Å². The molecule has 2 aromatic rings. The van der Waals surface area contributed by atoms with Crippen molar-refractivity contribution >= 4 is 36.7 Å². The maximum absolute atomic E-state index is 12.1. The highest BCUT2D eigenvalue weighted by Crippen LogP contribution is 2.54. The fourth-order valence-corrected chi connectivity index (χ4v) is 3.63. The van der Waals surface area contributed by atoms with Crippen LogP contribution in [0.4, 0.5) is 0 Å². The van der Waals surface area contributed by atoms with Gasteiger partial charge in [-0.25, -0.2) is 5.06 Å². The molecule has 0 radical (unpaired) electrons. The first kappa shape index (κ1) is 19.9. The number of carbonyl (C=O) groups excluding carboxylic acids is 1. The molecule has 25 heavy (non-hydrogen) atoms. The van der Waals surface area contributed by atoms with E-state index in [4.69, 9.17) is 23.2 Å². The van der Waals surface area contributed by atoms with Crippen LogP contribution in [0.2, 0.25) is 10.0 Å². The predicted octanol–water partition coefficient (Wildman–Crippen LogP) is 4.13. The van der Waals surface area contributed by atoms with Gasteiger partial charge < -0.3 is 9.79 Å². The van der Waals surface area contributed by atoms with Crippen LogP contribution in [0.3, 0.4) is 0 Å². The van der Waals surface area contributed by atoms with E-state index < -0.39 is 19.2 Å². The van der Waals surface area contributed by atoms with Gasteiger partial charge in [0.05, 0.1) is 15.7 Å². The summed E-state index contributed by atoms with van der Waals surface area (Å²) in [6.07, 6.45) is -0.155. The SMILES string of the molecule is O=C(c1ccccc1)N(O)CC[C@@H](c1ccc(Cl)c(Cl)c1)P(=O)(O)O. The second-order valence-corrected chi connectivity index (χ2v) is 7.98. The second-order valence-electron chi connectivity index (χ2n) is 5.36. The molecule has 0 bridgehead atoms. The van der Waals surface area contributed by atoms with Crippen LogP contribution in [0.15, 0.2) is 48.5 Å². The molecule has 6 nitrogen and oxygen atoms in total. The van der Waals surface area contributed by atoms with Crippen molar-refractivity contribution in [1.82, 2.24) is 5.06 Å². The molecule has 0 aliphatic heterocycles. The van der Waals surface area contributed by atoms with Gasteiger partial charge in [-0.15, -0.1) is 0 Å². The largest absolute Gasteiger partial charge is 0.333 e. The third kappa shape index (κ3) is 5.28. The number of nitrogens with zero attached hydrogens (tertiary/aromatic N) is 1. The number of carbonyl (C=O) groups is 1. The van der Waals surface area contributed by atoms with E-state index in [1.54, 1.807) is 18.2 Å². The Morgan fingerprint density at radius 2 is 1.72 bits per heavy atom. The molecule has 0 aliphatic rings. The Balaban J connectivity index is 2.14. The fraction of sp³-hybridized carbons (Fsp3) is 0.188. The van der Waals surface area contributed by atoms with Crippen molar-refractivity contribution in [3.8, 4) is 0 Å². The standard InChI is InChI=1S/C16H16Cl2NO5P/c17-13-7-6-12(10-14(13)18)15(25(22,23)24)8-9-19(21)16(20)11-4-2-1-3-5-11/h1-7,10,15,21H,8-9H2,(H2,22,23,24)/t15-/m0/s1. The van der Waals surface area contributed by atoms with Crippen molar-refractivity contribution in [2.75, 3.05) is 6.54 Å². The molecule has 0 aliphatic carbocycles. The summed E-state index contributed by atoms with van der Waals surface area (Å²) < 4.78 is 11.8. The summed E-state index contributed by atoms with van der Waals surface area (Å²) in [6.45, 7) is -0.260. The van der Waals surface area contributed by atoms with Gasteiger partial charge in [0.25, 0.3) is 5.91 Å². The molecule has 0 aromatic heterocycles. The predicted molar refractivity (Wildman–Crippen MR) is 95.1 cm³/mol. The summed E-state index contributed by atoms with van der Waals surface area (Å²) in [6, 6.07) is 12.4. The number of rotatable bonds is 6. The number of halogens is 2. The van der Waals surface area contributed by atoms with Gasteiger partial charge in [0.1, 0.15) is 0 Å². The Kier molecular flexibility index (Phi) is 6.63. The minimum absolute atomic E-state index is 0.155. The number of hydroxylamine groups is 2. The highest BCUT2D eigenvalue weighted by Gasteiger charge is 2.31. The maximum atomic E-state index is 12.1. The minimum Gasteiger partial charge on any atom is -0.324 e. The van der Waals surface area contributed by atoms with Gasteiger partial charge in [-0.05, 0) is 36.2 Å². The van der Waals surface area contributed by atoms with Crippen molar-refractivity contribution in [3.63, 3.8) is 0 Å². The fourth-order valence-electron chi connectivity index (χ4n) is 2.32. The molecule has 9 heteroatoms. The molecule has 0 unspecified atom stereocenters. The molecular weight excluding hydrogens is 388 g/mol. The molecule has 0 fully saturated rings. The van der Waals surface area contributed by atoms with Gasteiger partial charge in [-0.3, -0.25) is 14.6 Å². The van der Waals surface area contributed by atoms with Crippen LogP contribution in [-0.2, 0) is 4.57 Å². The molecular formula is C16H16Cl2NO5P. The van der Waals surface area contributed by atoms with Crippen LogP contribution in [-0.4, -0.2) is 32.5 Å². The van der Waals surface area contributed by atoms with E-state index in [1.807, 2.05) is 0 Å². The summed E-state index contributed by atoms with van der Waals surface area (Å²) in [7, 11) is -4.54. The Bertz CT molecular complexity index is 796. The summed E-state index contributed by atoms with van der Waals surface area (Å²) >= 11 is 11.7. The summed E-state index contributed by atoms with van der Waals surface area (Å²) in [5.41, 5.74) is -0.670. The van der Waals surface area contributed by atoms with E-state index in [2.05, 4.69) is 0 Å². The average Bonchev–Trinajstić information content (AvgIpc) is 2.57. The first-order valence-corrected chi connectivity index (χ1v) is 9.70. The molecule has 0 spiro atoms. The van der Waals surface area contributed by atoms with Crippen LogP contribution in [0.5, 0.6) is 0 Å². The normalized spacial score (nSPS) is 12.7. The monoisotopic (exact) mass is 403 g/mol. The van der Waals surface area contributed by atoms with E-state index in [0.717, 1.165) is 0 Å². The lowest BCUT2D eigenvalue weighted by atomic mass is 10.1. The second kappa shape index (κ2) is 8.32. The third-order valence-electron chi connectivity index (χ3n) is 3.60. The van der Waals surface area contributed by atoms with E-state index in [1.165, 1.54) is 30.3 Å². The van der Waals surface area contributed by atoms with E-state index in [-0.39, 0.29) is 34.1 Å². The van der Waals surface area contributed by atoms with Gasteiger partial charge >= 0.3 is 7.60 Å². The van der Waals surface area contributed by atoms with Crippen molar-refractivity contribution in [2.45, 2.75) is 12.1 Å². The first-order valence-electron chi connectivity index (χ1n) is 7.26. The number of hydrogen-bond acceptors (Lipinski definition) is 3. The van der Waals surface area contributed by atoms with Crippen molar-refractivity contribution in [2.24, 2.45) is 0 Å². The van der Waals surface area contributed by atoms with Crippen molar-refractivity contribution < 1.29 is 24.4 Å². The van der Waals surface area contributed by atoms with Crippen LogP contribution >= 0.6 is 30.8 Å².